The van der Waals surface area contributed by atoms with Gasteiger partial charge in [-0.05, 0) is 25.1 Å². The van der Waals surface area contributed by atoms with E-state index in [1.807, 2.05) is 30.3 Å². The molecule has 210 valence electrons. The zero-order valence-electron chi connectivity index (χ0n) is 21.7. The summed E-state index contributed by atoms with van der Waals surface area (Å²) in [6.45, 7) is 2.60. The van der Waals surface area contributed by atoms with Crippen LogP contribution < -0.4 is 10.1 Å². The van der Waals surface area contributed by atoms with Gasteiger partial charge in [-0.25, -0.2) is 18.2 Å². The monoisotopic (exact) mass is 602 g/mol. The summed E-state index contributed by atoms with van der Waals surface area (Å²) >= 11 is 2.29. The fourth-order valence-corrected chi connectivity index (χ4v) is 6.57. The van der Waals surface area contributed by atoms with E-state index >= 15 is 0 Å². The largest absolute Gasteiger partial charge is 0.462 e. The van der Waals surface area contributed by atoms with Gasteiger partial charge in [0, 0.05) is 24.6 Å². The number of hydrogen-bond donors (Lipinski definition) is 1. The van der Waals surface area contributed by atoms with Gasteiger partial charge in [0.15, 0.2) is 19.8 Å². The second-order valence-corrected chi connectivity index (χ2v) is 12.4. The van der Waals surface area contributed by atoms with Crippen molar-refractivity contribution in [1.82, 2.24) is 9.55 Å². The van der Waals surface area contributed by atoms with Crippen molar-refractivity contribution in [2.45, 2.75) is 13.5 Å². The Hall–Kier alpha value is -3.72. The topological polar surface area (TPSA) is 146 Å². The number of nitrogens with one attached hydrogen (secondary N) is 1. The number of fused-ring (bicyclic) bond motifs is 1. The summed E-state index contributed by atoms with van der Waals surface area (Å²) in [5, 5.41) is 4.48. The predicted octanol–water partition coefficient (Wildman–Crippen LogP) is 3.13. The number of methoxy groups -OCH3 is 1. The highest BCUT2D eigenvalue weighted by molar-refractivity contribution is 7.92. The fraction of sp³-hybridized carbons (Fsp3) is 0.269. The first-order valence-corrected chi connectivity index (χ1v) is 15.6. The second kappa shape index (κ2) is 13.1. The van der Waals surface area contributed by atoms with E-state index in [0.717, 1.165) is 16.9 Å². The molecule has 2 aromatic heterocycles. The van der Waals surface area contributed by atoms with Gasteiger partial charge in [0.25, 0.3) is 5.91 Å². The Balaban J connectivity index is 1.48. The molecule has 0 fully saturated rings. The summed E-state index contributed by atoms with van der Waals surface area (Å²) in [5.74, 6) is -4.04. The van der Waals surface area contributed by atoms with Gasteiger partial charge in [0.05, 0.1) is 34.7 Å². The molecule has 2 heterocycles. The van der Waals surface area contributed by atoms with Crippen molar-refractivity contribution in [3.05, 3.63) is 64.3 Å². The van der Waals surface area contributed by atoms with Crippen LogP contribution in [0, 0.1) is 0 Å². The first-order chi connectivity index (χ1) is 19.2. The van der Waals surface area contributed by atoms with Gasteiger partial charge in [-0.1, -0.05) is 41.7 Å². The van der Waals surface area contributed by atoms with E-state index in [4.69, 9.17) is 9.47 Å². The van der Waals surface area contributed by atoms with Gasteiger partial charge >= 0.3 is 5.97 Å². The fourth-order valence-electron chi connectivity index (χ4n) is 3.70. The lowest BCUT2D eigenvalue weighted by atomic mass is 10.2. The number of benzene rings is 2. The van der Waals surface area contributed by atoms with Gasteiger partial charge in [-0.2, -0.15) is 4.99 Å². The Bertz CT molecular complexity index is 1710. The molecule has 0 saturated carbocycles. The molecule has 0 aliphatic heterocycles. The van der Waals surface area contributed by atoms with Crippen LogP contribution in [0.4, 0.5) is 5.13 Å². The van der Waals surface area contributed by atoms with Crippen LogP contribution >= 0.6 is 22.7 Å². The molecule has 0 saturated heterocycles. The third-order valence-corrected chi connectivity index (χ3v) is 8.64. The number of esters is 1. The predicted molar refractivity (Wildman–Crippen MR) is 153 cm³/mol. The van der Waals surface area contributed by atoms with E-state index in [2.05, 4.69) is 15.3 Å². The molecular weight excluding hydrogens is 577 g/mol. The van der Waals surface area contributed by atoms with Crippen LogP contribution in [0.5, 0.6) is 0 Å². The summed E-state index contributed by atoms with van der Waals surface area (Å²) in [6.07, 6.45) is 0. The lowest BCUT2D eigenvalue weighted by molar-refractivity contribution is -0.115. The average molecular weight is 603 g/mol. The normalized spacial score (nSPS) is 12.0. The highest BCUT2D eigenvalue weighted by Crippen LogP contribution is 2.24. The molecule has 2 amide bonds. The van der Waals surface area contributed by atoms with E-state index in [1.54, 1.807) is 35.1 Å². The summed E-state index contributed by atoms with van der Waals surface area (Å²) in [6, 6.07) is 14.3. The Morgan fingerprint density at radius 2 is 1.88 bits per heavy atom. The van der Waals surface area contributed by atoms with Gasteiger partial charge in [-0.3, -0.25) is 9.59 Å². The number of thiazole rings is 2. The maximum Gasteiger partial charge on any atom is 0.338 e. The molecule has 2 aromatic carbocycles. The zero-order chi connectivity index (χ0) is 28.7. The van der Waals surface area contributed by atoms with E-state index in [0.29, 0.717) is 34.6 Å². The molecule has 40 heavy (non-hydrogen) atoms. The lowest BCUT2D eigenvalue weighted by Gasteiger charge is -2.05. The van der Waals surface area contributed by atoms with E-state index in [9.17, 15) is 22.8 Å². The third kappa shape index (κ3) is 7.47. The van der Waals surface area contributed by atoms with Gasteiger partial charge in [0.1, 0.15) is 11.5 Å². The number of rotatable bonds is 11. The smallest absolute Gasteiger partial charge is 0.338 e. The highest BCUT2D eigenvalue weighted by atomic mass is 32.2. The van der Waals surface area contributed by atoms with E-state index in [-0.39, 0.29) is 16.5 Å². The van der Waals surface area contributed by atoms with Crippen LogP contribution in [-0.4, -0.2) is 67.6 Å². The van der Waals surface area contributed by atoms with Crippen molar-refractivity contribution in [1.29, 1.82) is 0 Å². The molecule has 0 bridgehead atoms. The number of nitrogens with zero attached hydrogens (tertiary/aromatic N) is 3. The minimum atomic E-state index is -4.12. The number of carbonyl (C=O) groups excluding carboxylic acids is 3. The summed E-state index contributed by atoms with van der Waals surface area (Å²) in [5.41, 5.74) is 2.55. The summed E-state index contributed by atoms with van der Waals surface area (Å²) in [7, 11) is -2.59. The molecule has 11 nitrogen and oxygen atoms in total. The third-order valence-electron chi connectivity index (χ3n) is 5.45. The van der Waals surface area contributed by atoms with Crippen molar-refractivity contribution in [3.63, 3.8) is 0 Å². The molecule has 0 atom stereocenters. The van der Waals surface area contributed by atoms with Crippen LogP contribution in [0.1, 0.15) is 17.3 Å². The molecule has 1 N–H and O–H groups in total. The second-order valence-electron chi connectivity index (χ2n) is 8.42. The van der Waals surface area contributed by atoms with Crippen molar-refractivity contribution < 1.29 is 32.3 Å². The lowest BCUT2D eigenvalue weighted by Crippen LogP contribution is -2.28. The molecule has 0 spiro atoms. The number of aromatic nitrogens is 2. The molecule has 14 heteroatoms. The van der Waals surface area contributed by atoms with Crippen LogP contribution in [-0.2, 0) is 35.4 Å². The molecule has 4 rings (SSSR count). The van der Waals surface area contributed by atoms with Gasteiger partial charge in [-0.15, -0.1) is 11.3 Å². The van der Waals surface area contributed by atoms with Crippen LogP contribution in [0.25, 0.3) is 21.5 Å². The first kappa shape index (κ1) is 29.3. The number of amides is 2. The molecule has 0 aliphatic carbocycles. The number of hydrogen-bond acceptors (Lipinski definition) is 10. The van der Waals surface area contributed by atoms with Crippen molar-refractivity contribution in [2.24, 2.45) is 4.99 Å². The molecular formula is C26H26N4O7S3. The Labute approximate surface area is 238 Å². The minimum Gasteiger partial charge on any atom is -0.462 e. The van der Waals surface area contributed by atoms with Gasteiger partial charge in [0.2, 0.25) is 5.91 Å². The number of sulfone groups is 1. The Morgan fingerprint density at radius 1 is 1.10 bits per heavy atom. The first-order valence-electron chi connectivity index (χ1n) is 12.1. The number of carbonyl (C=O) groups is 3. The minimum absolute atomic E-state index is 0.231. The highest BCUT2D eigenvalue weighted by Gasteiger charge is 2.22. The quantitative estimate of drug-likeness (QED) is 0.258. The zero-order valence-corrected chi connectivity index (χ0v) is 24.1. The van der Waals surface area contributed by atoms with E-state index < -0.39 is 39.1 Å². The van der Waals surface area contributed by atoms with E-state index in [1.165, 1.54) is 18.4 Å². The van der Waals surface area contributed by atoms with Crippen LogP contribution in [0.3, 0.4) is 0 Å². The van der Waals surface area contributed by atoms with Crippen LogP contribution in [0.2, 0.25) is 0 Å². The van der Waals surface area contributed by atoms with Gasteiger partial charge < -0.3 is 19.4 Å². The summed E-state index contributed by atoms with van der Waals surface area (Å²) < 4.78 is 37.8. The Kier molecular flexibility index (Phi) is 9.58. The number of ether oxygens (including phenoxy) is 2. The van der Waals surface area contributed by atoms with Crippen molar-refractivity contribution in [3.8, 4) is 11.3 Å². The molecule has 0 radical (unpaired) electrons. The van der Waals surface area contributed by atoms with Crippen molar-refractivity contribution >= 4 is 65.6 Å². The molecule has 0 unspecified atom stereocenters. The maximum atomic E-state index is 12.7. The van der Waals surface area contributed by atoms with Crippen molar-refractivity contribution in [2.75, 3.05) is 37.1 Å². The SMILES string of the molecule is CCOC(=O)c1ccc2c(c1)sc(=NC(=O)CS(=O)(=O)CC(=O)Nc1nc(-c3ccccc3)cs1)n2CCOC. The average Bonchev–Trinajstić information content (AvgIpc) is 3.50. The Morgan fingerprint density at radius 3 is 2.60 bits per heavy atom. The molecule has 0 aliphatic rings. The standard InChI is InChI=1S/C26H26N4O7S3/c1-3-37-24(33)18-9-10-20-21(13-18)39-26(30(20)11-12-36-2)29-23(32)16-40(34,35)15-22(31)28-25-27-19(14-38-25)17-7-5-4-6-8-17/h4-10,13-14H,3,11-12,15-16H2,1-2H3,(H,27,28,31). The number of anilines is 1. The summed E-state index contributed by atoms with van der Waals surface area (Å²) in [4.78, 5) is 45.8. The maximum absolute atomic E-state index is 12.7. The van der Waals surface area contributed by atoms with Crippen LogP contribution in [0.15, 0.2) is 58.9 Å². The molecule has 4 aromatic rings.